The quantitative estimate of drug-likeness (QED) is 0.376. The Hall–Kier alpha value is -3.38. The minimum absolute atomic E-state index is 0.332. The van der Waals surface area contributed by atoms with E-state index in [1.54, 1.807) is 36.1 Å². The number of esters is 1. The standard InChI is InChI=1S/C23H17BrN2O3/c1-28-20-12-10-19(11-13-20)26-22(15-21(25-26)16-6-3-2-4-7-16)29-23(27)17-8-5-9-18(24)14-17/h2-15H,1H3. The van der Waals surface area contributed by atoms with Gasteiger partial charge in [0, 0.05) is 16.1 Å². The summed E-state index contributed by atoms with van der Waals surface area (Å²) in [5.41, 5.74) is 2.84. The third-order valence-corrected chi connectivity index (χ3v) is 4.81. The highest BCUT2D eigenvalue weighted by Gasteiger charge is 2.17. The molecule has 0 saturated heterocycles. The van der Waals surface area contributed by atoms with Gasteiger partial charge >= 0.3 is 5.97 Å². The van der Waals surface area contributed by atoms with Crippen molar-refractivity contribution in [3.8, 4) is 28.6 Å². The lowest BCUT2D eigenvalue weighted by atomic mass is 10.2. The van der Waals surface area contributed by atoms with E-state index in [4.69, 9.17) is 9.47 Å². The molecule has 0 aliphatic carbocycles. The first kappa shape index (κ1) is 19.0. The van der Waals surface area contributed by atoms with Crippen molar-refractivity contribution in [1.82, 2.24) is 9.78 Å². The molecule has 0 aliphatic heterocycles. The molecule has 4 rings (SSSR count). The van der Waals surface area contributed by atoms with Crippen molar-refractivity contribution < 1.29 is 14.3 Å². The van der Waals surface area contributed by atoms with Crippen LogP contribution in [0.2, 0.25) is 0 Å². The lowest BCUT2D eigenvalue weighted by Gasteiger charge is -2.09. The van der Waals surface area contributed by atoms with Gasteiger partial charge in [-0.2, -0.15) is 9.78 Å². The molecule has 0 unspecified atom stereocenters. The third-order valence-electron chi connectivity index (χ3n) is 4.32. The van der Waals surface area contributed by atoms with Crippen molar-refractivity contribution in [2.45, 2.75) is 0 Å². The first-order valence-electron chi connectivity index (χ1n) is 8.92. The molecule has 6 heteroatoms. The van der Waals surface area contributed by atoms with Gasteiger partial charge in [0.25, 0.3) is 0 Å². The zero-order chi connectivity index (χ0) is 20.2. The van der Waals surface area contributed by atoms with Gasteiger partial charge in [0.1, 0.15) is 5.75 Å². The zero-order valence-electron chi connectivity index (χ0n) is 15.6. The van der Waals surface area contributed by atoms with E-state index in [0.717, 1.165) is 21.5 Å². The Morgan fingerprint density at radius 3 is 2.38 bits per heavy atom. The number of carbonyl (C=O) groups is 1. The molecular weight excluding hydrogens is 432 g/mol. The van der Waals surface area contributed by atoms with E-state index in [1.807, 2.05) is 60.7 Å². The molecule has 1 heterocycles. The third kappa shape index (κ3) is 4.22. The summed E-state index contributed by atoms with van der Waals surface area (Å²) in [5.74, 6) is 0.608. The summed E-state index contributed by atoms with van der Waals surface area (Å²) in [6.45, 7) is 0. The molecule has 0 aliphatic rings. The summed E-state index contributed by atoms with van der Waals surface area (Å²) >= 11 is 3.38. The van der Waals surface area contributed by atoms with Gasteiger partial charge in [-0.15, -0.1) is 0 Å². The van der Waals surface area contributed by atoms with Gasteiger partial charge < -0.3 is 9.47 Å². The van der Waals surface area contributed by atoms with E-state index in [1.165, 1.54) is 0 Å². The maximum atomic E-state index is 12.7. The number of rotatable bonds is 5. The normalized spacial score (nSPS) is 10.6. The second-order valence-electron chi connectivity index (χ2n) is 6.24. The molecular formula is C23H17BrN2O3. The Morgan fingerprint density at radius 1 is 0.931 bits per heavy atom. The van der Waals surface area contributed by atoms with Crippen LogP contribution < -0.4 is 9.47 Å². The number of hydrogen-bond donors (Lipinski definition) is 0. The maximum Gasteiger partial charge on any atom is 0.344 e. The predicted octanol–water partition coefficient (Wildman–Crippen LogP) is 5.53. The number of nitrogens with zero attached hydrogens (tertiary/aromatic N) is 2. The van der Waals surface area contributed by atoms with Crippen LogP contribution in [-0.2, 0) is 0 Å². The van der Waals surface area contributed by atoms with Crippen molar-refractivity contribution in [2.75, 3.05) is 7.11 Å². The molecule has 0 spiro atoms. The summed E-state index contributed by atoms with van der Waals surface area (Å²) < 4.78 is 13.3. The van der Waals surface area contributed by atoms with Crippen LogP contribution >= 0.6 is 15.9 Å². The molecule has 29 heavy (non-hydrogen) atoms. The summed E-state index contributed by atoms with van der Waals surface area (Å²) in [7, 11) is 1.61. The van der Waals surface area contributed by atoms with Gasteiger partial charge in [0.05, 0.1) is 24.1 Å². The van der Waals surface area contributed by atoms with Gasteiger partial charge in [-0.3, -0.25) is 0 Å². The summed E-state index contributed by atoms with van der Waals surface area (Å²) in [4.78, 5) is 12.7. The van der Waals surface area contributed by atoms with Crippen molar-refractivity contribution in [3.05, 3.63) is 95.0 Å². The molecule has 0 N–H and O–H groups in total. The molecule has 0 atom stereocenters. The van der Waals surface area contributed by atoms with Crippen LogP contribution in [0.25, 0.3) is 16.9 Å². The molecule has 4 aromatic rings. The summed E-state index contributed by atoms with van der Waals surface area (Å²) in [5, 5.41) is 4.66. The lowest BCUT2D eigenvalue weighted by molar-refractivity contribution is 0.0723. The van der Waals surface area contributed by atoms with Gasteiger partial charge in [0.15, 0.2) is 0 Å². The topological polar surface area (TPSA) is 53.4 Å². The first-order valence-corrected chi connectivity index (χ1v) is 9.71. The monoisotopic (exact) mass is 448 g/mol. The number of benzene rings is 3. The second kappa shape index (κ2) is 8.32. The predicted molar refractivity (Wildman–Crippen MR) is 115 cm³/mol. The Bertz CT molecular complexity index is 1140. The number of halogens is 1. The number of carbonyl (C=O) groups excluding carboxylic acids is 1. The molecule has 0 radical (unpaired) electrons. The summed E-state index contributed by atoms with van der Waals surface area (Å²) in [6.07, 6.45) is 0. The molecule has 0 amide bonds. The molecule has 5 nitrogen and oxygen atoms in total. The Labute approximate surface area is 176 Å². The molecule has 3 aromatic carbocycles. The average Bonchev–Trinajstić information content (AvgIpc) is 3.18. The van der Waals surface area contributed by atoms with E-state index in [9.17, 15) is 4.79 Å². The molecule has 0 fully saturated rings. The fraction of sp³-hybridized carbons (Fsp3) is 0.0435. The lowest BCUT2D eigenvalue weighted by Crippen LogP contribution is -2.11. The van der Waals surface area contributed by atoms with E-state index < -0.39 is 5.97 Å². The van der Waals surface area contributed by atoms with E-state index in [-0.39, 0.29) is 0 Å². The van der Waals surface area contributed by atoms with Gasteiger partial charge in [-0.05, 0) is 42.5 Å². The Balaban J connectivity index is 1.74. The van der Waals surface area contributed by atoms with Crippen LogP contribution in [0, 0.1) is 0 Å². The van der Waals surface area contributed by atoms with Crippen LogP contribution in [0.4, 0.5) is 0 Å². The van der Waals surface area contributed by atoms with Gasteiger partial charge in [0.2, 0.25) is 5.88 Å². The smallest absolute Gasteiger partial charge is 0.344 e. The summed E-state index contributed by atoms with van der Waals surface area (Å²) in [6, 6.07) is 25.9. The highest BCUT2D eigenvalue weighted by Crippen LogP contribution is 2.28. The number of aromatic nitrogens is 2. The van der Waals surface area contributed by atoms with Crippen molar-refractivity contribution in [3.63, 3.8) is 0 Å². The van der Waals surface area contributed by atoms with Crippen molar-refractivity contribution >= 4 is 21.9 Å². The largest absolute Gasteiger partial charge is 0.497 e. The highest BCUT2D eigenvalue weighted by molar-refractivity contribution is 9.10. The van der Waals surface area contributed by atoms with Crippen LogP contribution in [0.3, 0.4) is 0 Å². The molecule has 0 bridgehead atoms. The van der Waals surface area contributed by atoms with E-state index in [2.05, 4.69) is 21.0 Å². The maximum absolute atomic E-state index is 12.7. The molecule has 1 aromatic heterocycles. The van der Waals surface area contributed by atoms with Crippen LogP contribution in [-0.4, -0.2) is 22.9 Å². The highest BCUT2D eigenvalue weighted by atomic mass is 79.9. The van der Waals surface area contributed by atoms with Gasteiger partial charge in [-0.25, -0.2) is 4.79 Å². The SMILES string of the molecule is COc1ccc(-n2nc(-c3ccccc3)cc2OC(=O)c2cccc(Br)c2)cc1. The Morgan fingerprint density at radius 2 is 1.69 bits per heavy atom. The fourth-order valence-electron chi connectivity index (χ4n) is 2.86. The number of hydrogen-bond acceptors (Lipinski definition) is 4. The van der Waals surface area contributed by atoms with Crippen molar-refractivity contribution in [1.29, 1.82) is 0 Å². The van der Waals surface area contributed by atoms with Crippen LogP contribution in [0.1, 0.15) is 10.4 Å². The minimum atomic E-state index is -0.458. The minimum Gasteiger partial charge on any atom is -0.497 e. The van der Waals surface area contributed by atoms with E-state index in [0.29, 0.717) is 17.1 Å². The van der Waals surface area contributed by atoms with Crippen LogP contribution in [0.15, 0.2) is 89.4 Å². The first-order chi connectivity index (χ1) is 14.1. The molecule has 0 saturated carbocycles. The average molecular weight is 449 g/mol. The molecule has 144 valence electrons. The van der Waals surface area contributed by atoms with E-state index >= 15 is 0 Å². The van der Waals surface area contributed by atoms with Crippen molar-refractivity contribution in [2.24, 2.45) is 0 Å². The Kier molecular flexibility index (Phi) is 5.44. The number of ether oxygens (including phenoxy) is 2. The number of methoxy groups -OCH3 is 1. The van der Waals surface area contributed by atoms with Gasteiger partial charge in [-0.1, -0.05) is 52.3 Å². The second-order valence-corrected chi connectivity index (χ2v) is 7.16. The zero-order valence-corrected chi connectivity index (χ0v) is 17.2. The fourth-order valence-corrected chi connectivity index (χ4v) is 3.26. The van der Waals surface area contributed by atoms with Crippen LogP contribution in [0.5, 0.6) is 11.6 Å².